The highest BCUT2D eigenvalue weighted by atomic mass is 16.5. The van der Waals surface area contributed by atoms with Gasteiger partial charge in [-0.05, 0) is 31.2 Å². The first kappa shape index (κ1) is 17.5. The third-order valence-electron chi connectivity index (χ3n) is 3.64. The lowest BCUT2D eigenvalue weighted by Crippen LogP contribution is -2.05. The highest BCUT2D eigenvalue weighted by molar-refractivity contribution is 5.66. The van der Waals surface area contributed by atoms with Crippen molar-refractivity contribution in [2.24, 2.45) is 0 Å². The lowest BCUT2D eigenvalue weighted by molar-refractivity contribution is 0.340. The molecule has 3 aromatic rings. The molecule has 2 N–H and O–H groups in total. The van der Waals surface area contributed by atoms with Crippen LogP contribution in [-0.4, -0.2) is 23.1 Å². The monoisotopic (exact) mass is 346 g/mol. The average molecular weight is 346 g/mol. The van der Waals surface area contributed by atoms with Crippen LogP contribution in [0.3, 0.4) is 0 Å². The molecule has 0 spiro atoms. The van der Waals surface area contributed by atoms with Crippen LogP contribution in [0.2, 0.25) is 0 Å². The number of benzene rings is 2. The van der Waals surface area contributed by atoms with Gasteiger partial charge in [0.25, 0.3) is 0 Å². The van der Waals surface area contributed by atoms with Gasteiger partial charge in [0, 0.05) is 23.9 Å². The van der Waals surface area contributed by atoms with Crippen LogP contribution in [0.1, 0.15) is 6.92 Å². The molecule has 26 heavy (non-hydrogen) atoms. The third-order valence-corrected chi connectivity index (χ3v) is 3.64. The fourth-order valence-electron chi connectivity index (χ4n) is 2.46. The molecule has 0 aliphatic rings. The number of nitrogens with zero attached hydrogens (tertiary/aromatic N) is 2. The molecular formula is C21H22N4O. The third kappa shape index (κ3) is 4.60. The molecule has 5 nitrogen and oxygen atoms in total. The lowest BCUT2D eigenvalue weighted by Gasteiger charge is -2.11. The predicted molar refractivity (Wildman–Crippen MR) is 107 cm³/mol. The zero-order valence-electron chi connectivity index (χ0n) is 14.8. The van der Waals surface area contributed by atoms with E-state index < -0.39 is 0 Å². The largest absolute Gasteiger partial charge is 0.494 e. The maximum Gasteiger partial charge on any atom is 0.229 e. The summed E-state index contributed by atoms with van der Waals surface area (Å²) in [5.41, 5.74) is 2.78. The van der Waals surface area contributed by atoms with Gasteiger partial charge in [0.15, 0.2) is 0 Å². The number of nitrogens with one attached hydrogen (secondary N) is 2. The number of anilines is 3. The molecule has 0 amide bonds. The van der Waals surface area contributed by atoms with E-state index >= 15 is 0 Å². The maximum absolute atomic E-state index is 5.47. The highest BCUT2D eigenvalue weighted by Crippen LogP contribution is 2.24. The van der Waals surface area contributed by atoms with Crippen LogP contribution in [0.25, 0.3) is 11.3 Å². The fraction of sp³-hybridized carbons (Fsp3) is 0.143. The van der Waals surface area contributed by atoms with Crippen molar-refractivity contribution in [3.05, 3.63) is 73.3 Å². The number of rotatable bonds is 8. The molecule has 5 heteroatoms. The van der Waals surface area contributed by atoms with Crippen molar-refractivity contribution in [3.63, 3.8) is 0 Å². The van der Waals surface area contributed by atoms with Crippen LogP contribution in [0.5, 0.6) is 5.75 Å². The average Bonchev–Trinajstić information content (AvgIpc) is 2.69. The molecule has 0 aliphatic carbocycles. The summed E-state index contributed by atoms with van der Waals surface area (Å²) in [4.78, 5) is 9.18. The van der Waals surface area contributed by atoms with E-state index in [4.69, 9.17) is 4.74 Å². The second kappa shape index (κ2) is 8.67. The van der Waals surface area contributed by atoms with Crippen LogP contribution in [0.15, 0.2) is 73.3 Å². The summed E-state index contributed by atoms with van der Waals surface area (Å²) in [7, 11) is 0. The van der Waals surface area contributed by atoms with Crippen LogP contribution in [0.4, 0.5) is 17.5 Å². The first-order valence-electron chi connectivity index (χ1n) is 8.57. The Bertz CT molecular complexity index is 848. The van der Waals surface area contributed by atoms with E-state index in [0.717, 1.165) is 28.5 Å². The molecule has 3 rings (SSSR count). The predicted octanol–water partition coefficient (Wildman–Crippen LogP) is 4.88. The molecule has 0 atom stereocenters. The topological polar surface area (TPSA) is 59.1 Å². The Labute approximate surface area is 153 Å². The molecule has 0 aliphatic heterocycles. The van der Waals surface area contributed by atoms with Crippen molar-refractivity contribution < 1.29 is 4.74 Å². The molecule has 1 aromatic heterocycles. The van der Waals surface area contributed by atoms with E-state index in [1.807, 2.05) is 67.6 Å². The summed E-state index contributed by atoms with van der Waals surface area (Å²) in [5, 5.41) is 6.48. The number of ether oxygens (including phenoxy) is 1. The number of hydrogen-bond acceptors (Lipinski definition) is 5. The normalized spacial score (nSPS) is 10.2. The second-order valence-corrected chi connectivity index (χ2v) is 5.58. The van der Waals surface area contributed by atoms with Crippen molar-refractivity contribution in [1.82, 2.24) is 9.97 Å². The van der Waals surface area contributed by atoms with Crippen LogP contribution >= 0.6 is 0 Å². The second-order valence-electron chi connectivity index (χ2n) is 5.58. The summed E-state index contributed by atoms with van der Waals surface area (Å²) >= 11 is 0. The Kier molecular flexibility index (Phi) is 5.83. The maximum atomic E-state index is 5.47. The summed E-state index contributed by atoms with van der Waals surface area (Å²) < 4.78 is 5.47. The zero-order chi connectivity index (χ0) is 18.2. The summed E-state index contributed by atoms with van der Waals surface area (Å²) in [5.74, 6) is 2.11. The Balaban J connectivity index is 1.88. The van der Waals surface area contributed by atoms with Gasteiger partial charge in [-0.1, -0.05) is 36.4 Å². The highest BCUT2D eigenvalue weighted by Gasteiger charge is 2.07. The molecule has 0 radical (unpaired) electrons. The first-order valence-corrected chi connectivity index (χ1v) is 8.57. The smallest absolute Gasteiger partial charge is 0.229 e. The summed E-state index contributed by atoms with van der Waals surface area (Å²) in [6.07, 6.45) is 1.80. The molecule has 0 saturated heterocycles. The quantitative estimate of drug-likeness (QED) is 0.569. The summed E-state index contributed by atoms with van der Waals surface area (Å²) in [6, 6.07) is 19.7. The van der Waals surface area contributed by atoms with Gasteiger partial charge < -0.3 is 15.4 Å². The number of hydrogen-bond donors (Lipinski definition) is 2. The zero-order valence-corrected chi connectivity index (χ0v) is 14.8. The SMILES string of the molecule is C=CCNc1cc(-c2ccccc2)nc(Nc2ccc(OCC)cc2)n1. The van der Waals surface area contributed by atoms with E-state index in [1.54, 1.807) is 6.08 Å². The Morgan fingerprint density at radius 3 is 2.50 bits per heavy atom. The number of aromatic nitrogens is 2. The summed E-state index contributed by atoms with van der Waals surface area (Å²) in [6.45, 7) is 6.98. The van der Waals surface area contributed by atoms with Gasteiger partial charge in [0.2, 0.25) is 5.95 Å². The van der Waals surface area contributed by atoms with Crippen LogP contribution in [0, 0.1) is 0 Å². The van der Waals surface area contributed by atoms with Gasteiger partial charge in [-0.25, -0.2) is 4.98 Å². The van der Waals surface area contributed by atoms with Gasteiger partial charge >= 0.3 is 0 Å². The molecule has 132 valence electrons. The van der Waals surface area contributed by atoms with Crippen molar-refractivity contribution in [3.8, 4) is 17.0 Å². The van der Waals surface area contributed by atoms with E-state index in [0.29, 0.717) is 19.1 Å². The Morgan fingerprint density at radius 2 is 1.81 bits per heavy atom. The van der Waals surface area contributed by atoms with E-state index in [9.17, 15) is 0 Å². The van der Waals surface area contributed by atoms with E-state index in [1.165, 1.54) is 0 Å². The minimum atomic E-state index is 0.530. The molecule has 1 heterocycles. The van der Waals surface area contributed by atoms with Crippen molar-refractivity contribution in [2.45, 2.75) is 6.92 Å². The molecule has 0 saturated carbocycles. The van der Waals surface area contributed by atoms with Gasteiger partial charge in [-0.2, -0.15) is 4.98 Å². The first-order chi connectivity index (χ1) is 12.8. The van der Waals surface area contributed by atoms with Gasteiger partial charge in [0.1, 0.15) is 11.6 Å². The standard InChI is InChI=1S/C21H22N4O/c1-3-14-22-20-15-19(16-8-6-5-7-9-16)24-21(25-20)23-17-10-12-18(13-11-17)26-4-2/h3,5-13,15H,1,4,14H2,2H3,(H2,22,23,24,25). The molecular weight excluding hydrogens is 324 g/mol. The lowest BCUT2D eigenvalue weighted by atomic mass is 10.1. The van der Waals surface area contributed by atoms with Crippen LogP contribution in [-0.2, 0) is 0 Å². The van der Waals surface area contributed by atoms with Gasteiger partial charge in [-0.15, -0.1) is 6.58 Å². The fourth-order valence-corrected chi connectivity index (χ4v) is 2.46. The minimum Gasteiger partial charge on any atom is -0.494 e. The minimum absolute atomic E-state index is 0.530. The Hall–Kier alpha value is -3.34. The molecule has 0 unspecified atom stereocenters. The van der Waals surface area contributed by atoms with E-state index in [-0.39, 0.29) is 0 Å². The van der Waals surface area contributed by atoms with Crippen molar-refractivity contribution in [1.29, 1.82) is 0 Å². The Morgan fingerprint density at radius 1 is 1.04 bits per heavy atom. The van der Waals surface area contributed by atoms with Crippen molar-refractivity contribution >= 4 is 17.5 Å². The van der Waals surface area contributed by atoms with E-state index in [2.05, 4.69) is 27.2 Å². The van der Waals surface area contributed by atoms with Crippen molar-refractivity contribution in [2.75, 3.05) is 23.8 Å². The van der Waals surface area contributed by atoms with Crippen LogP contribution < -0.4 is 15.4 Å². The molecule has 2 aromatic carbocycles. The molecule has 0 fully saturated rings. The van der Waals surface area contributed by atoms with Gasteiger partial charge in [0.05, 0.1) is 12.3 Å². The molecule has 0 bridgehead atoms. The van der Waals surface area contributed by atoms with Gasteiger partial charge in [-0.3, -0.25) is 0 Å².